The fourth-order valence-corrected chi connectivity index (χ4v) is 3.83. The third kappa shape index (κ3) is 3.33. The smallest absolute Gasteiger partial charge is 0.345 e. The summed E-state index contributed by atoms with van der Waals surface area (Å²) < 4.78 is 5.93. The lowest BCUT2D eigenvalue weighted by Gasteiger charge is -2.26. The largest absolute Gasteiger partial charge is 0.425 e. The third-order valence-electron chi connectivity index (χ3n) is 5.16. The first-order chi connectivity index (χ1) is 13.5. The molecule has 2 heterocycles. The average Bonchev–Trinajstić information content (AvgIpc) is 2.69. The summed E-state index contributed by atoms with van der Waals surface area (Å²) in [6.07, 6.45) is 2.39. The quantitative estimate of drug-likeness (QED) is 0.566. The number of aromatic nitrogens is 1. The van der Waals surface area contributed by atoms with Crippen LogP contribution in [0.15, 0.2) is 77.2 Å². The van der Waals surface area contributed by atoms with Gasteiger partial charge in [0.15, 0.2) is 0 Å². The summed E-state index contributed by atoms with van der Waals surface area (Å²) >= 11 is 0. The fourth-order valence-electron chi connectivity index (χ4n) is 3.83. The summed E-state index contributed by atoms with van der Waals surface area (Å²) in [7, 11) is 0. The van der Waals surface area contributed by atoms with Crippen LogP contribution in [0.5, 0.6) is 0 Å². The van der Waals surface area contributed by atoms with Crippen molar-refractivity contribution in [3.05, 3.63) is 89.1 Å². The van der Waals surface area contributed by atoms with Gasteiger partial charge in [0, 0.05) is 17.8 Å². The van der Waals surface area contributed by atoms with E-state index in [2.05, 4.69) is 40.3 Å². The first-order valence-electron chi connectivity index (χ1n) is 9.41. The Morgan fingerprint density at radius 3 is 2.61 bits per heavy atom. The molecule has 4 nitrogen and oxygen atoms in total. The zero-order valence-electron chi connectivity index (χ0n) is 16.3. The van der Waals surface area contributed by atoms with Gasteiger partial charge in [0.2, 0.25) is 0 Å². The summed E-state index contributed by atoms with van der Waals surface area (Å²) in [5.41, 5.74) is 4.07. The molecule has 0 amide bonds. The lowest BCUT2D eigenvalue weighted by molar-refractivity contribution is 0.0598. The van der Waals surface area contributed by atoms with E-state index < -0.39 is 0 Å². The SMILES string of the molecule is CC1=NC(C)=C(OC(=O)c2cccnc2C)C(c2cccc3ccccc23)C1. The number of allylic oxidation sites excluding steroid dienone is 2. The molecular formula is C24H22N2O2. The van der Waals surface area contributed by atoms with E-state index in [0.29, 0.717) is 17.0 Å². The Morgan fingerprint density at radius 1 is 1.00 bits per heavy atom. The zero-order chi connectivity index (χ0) is 19.7. The Balaban J connectivity index is 1.77. The van der Waals surface area contributed by atoms with Gasteiger partial charge < -0.3 is 4.74 Å². The first kappa shape index (κ1) is 18.1. The number of aliphatic imine (C=N–C) groups is 1. The molecule has 0 fully saturated rings. The minimum Gasteiger partial charge on any atom is -0.425 e. The van der Waals surface area contributed by atoms with Crippen LogP contribution in [0.25, 0.3) is 10.8 Å². The van der Waals surface area contributed by atoms with Crippen LogP contribution in [0.3, 0.4) is 0 Å². The van der Waals surface area contributed by atoms with Gasteiger partial charge in [-0.05, 0) is 55.7 Å². The standard InChI is InChI=1S/C24H22N2O2/c1-15-14-22(21-11-6-9-18-8-4-5-10-20(18)21)23(17(3)26-15)28-24(27)19-12-7-13-25-16(19)2/h4-13,22H,14H2,1-3H3. The van der Waals surface area contributed by atoms with Crippen molar-refractivity contribution in [3.8, 4) is 0 Å². The molecule has 140 valence electrons. The van der Waals surface area contributed by atoms with Crippen molar-refractivity contribution in [3.63, 3.8) is 0 Å². The number of nitrogens with zero attached hydrogens (tertiary/aromatic N) is 2. The highest BCUT2D eigenvalue weighted by Gasteiger charge is 2.29. The third-order valence-corrected chi connectivity index (χ3v) is 5.16. The topological polar surface area (TPSA) is 51.5 Å². The molecule has 0 spiro atoms. The summed E-state index contributed by atoms with van der Waals surface area (Å²) in [6.45, 7) is 5.73. The van der Waals surface area contributed by atoms with Crippen LogP contribution in [0.1, 0.15) is 47.8 Å². The van der Waals surface area contributed by atoms with E-state index >= 15 is 0 Å². The Hall–Kier alpha value is -3.27. The lowest BCUT2D eigenvalue weighted by atomic mass is 9.86. The minimum atomic E-state index is -0.389. The minimum absolute atomic E-state index is 0.0514. The maximum absolute atomic E-state index is 12.9. The number of carbonyl (C=O) groups is 1. The molecule has 0 saturated carbocycles. The Kier molecular flexibility index (Phi) is 4.78. The molecule has 1 aliphatic heterocycles. The average molecular weight is 370 g/mol. The van der Waals surface area contributed by atoms with E-state index in [-0.39, 0.29) is 11.9 Å². The number of aryl methyl sites for hydroxylation is 1. The number of esters is 1. The van der Waals surface area contributed by atoms with E-state index in [1.54, 1.807) is 18.3 Å². The first-order valence-corrected chi connectivity index (χ1v) is 9.41. The van der Waals surface area contributed by atoms with E-state index in [1.807, 2.05) is 32.9 Å². The van der Waals surface area contributed by atoms with E-state index in [1.165, 1.54) is 10.8 Å². The van der Waals surface area contributed by atoms with Gasteiger partial charge in [-0.25, -0.2) is 4.79 Å². The second-order valence-corrected chi connectivity index (χ2v) is 7.15. The number of pyridine rings is 1. The molecule has 4 rings (SSSR count). The second-order valence-electron chi connectivity index (χ2n) is 7.15. The van der Waals surface area contributed by atoms with E-state index in [4.69, 9.17) is 4.74 Å². The van der Waals surface area contributed by atoms with Crippen LogP contribution in [-0.2, 0) is 4.74 Å². The van der Waals surface area contributed by atoms with Crippen molar-refractivity contribution in [2.24, 2.45) is 4.99 Å². The Bertz CT molecular complexity index is 1120. The van der Waals surface area contributed by atoms with Gasteiger partial charge in [-0.3, -0.25) is 9.98 Å². The van der Waals surface area contributed by atoms with Crippen molar-refractivity contribution in [2.45, 2.75) is 33.1 Å². The van der Waals surface area contributed by atoms with Gasteiger partial charge in [0.05, 0.1) is 17.0 Å². The summed E-state index contributed by atoms with van der Waals surface area (Å²) in [6, 6.07) is 18.0. The molecule has 0 N–H and O–H groups in total. The molecule has 28 heavy (non-hydrogen) atoms. The lowest BCUT2D eigenvalue weighted by Crippen LogP contribution is -2.19. The van der Waals surface area contributed by atoms with Crippen molar-refractivity contribution < 1.29 is 9.53 Å². The maximum Gasteiger partial charge on any atom is 0.345 e. The highest BCUT2D eigenvalue weighted by Crippen LogP contribution is 2.38. The van der Waals surface area contributed by atoms with Crippen LogP contribution in [0, 0.1) is 6.92 Å². The van der Waals surface area contributed by atoms with Crippen LogP contribution in [0.2, 0.25) is 0 Å². The molecule has 0 radical (unpaired) electrons. The van der Waals surface area contributed by atoms with Crippen LogP contribution in [-0.4, -0.2) is 16.7 Å². The predicted octanol–water partition coefficient (Wildman–Crippen LogP) is 5.58. The number of rotatable bonds is 3. The normalized spacial score (nSPS) is 16.8. The summed E-state index contributed by atoms with van der Waals surface area (Å²) in [5.74, 6) is 0.180. The number of hydrogen-bond acceptors (Lipinski definition) is 4. The molecule has 2 aromatic carbocycles. The van der Waals surface area contributed by atoms with Crippen molar-refractivity contribution >= 4 is 22.5 Å². The highest BCUT2D eigenvalue weighted by atomic mass is 16.5. The number of carbonyl (C=O) groups excluding carboxylic acids is 1. The van der Waals surface area contributed by atoms with Crippen LogP contribution >= 0.6 is 0 Å². The number of hydrogen-bond donors (Lipinski definition) is 0. The van der Waals surface area contributed by atoms with E-state index in [0.717, 1.165) is 23.4 Å². The number of fused-ring (bicyclic) bond motifs is 1. The molecule has 1 aromatic heterocycles. The number of benzene rings is 2. The van der Waals surface area contributed by atoms with Gasteiger partial charge >= 0.3 is 5.97 Å². The van der Waals surface area contributed by atoms with Crippen LogP contribution in [0.4, 0.5) is 0 Å². The fraction of sp³-hybridized carbons (Fsp3) is 0.208. The predicted molar refractivity (Wildman–Crippen MR) is 112 cm³/mol. The van der Waals surface area contributed by atoms with Gasteiger partial charge in [-0.2, -0.15) is 0 Å². The van der Waals surface area contributed by atoms with Crippen molar-refractivity contribution in [2.75, 3.05) is 0 Å². The highest BCUT2D eigenvalue weighted by molar-refractivity contribution is 5.93. The van der Waals surface area contributed by atoms with Gasteiger partial charge in [0.25, 0.3) is 0 Å². The van der Waals surface area contributed by atoms with Gasteiger partial charge in [-0.15, -0.1) is 0 Å². The Morgan fingerprint density at radius 2 is 1.79 bits per heavy atom. The number of ether oxygens (including phenoxy) is 1. The monoisotopic (exact) mass is 370 g/mol. The van der Waals surface area contributed by atoms with Gasteiger partial charge in [-0.1, -0.05) is 42.5 Å². The summed E-state index contributed by atoms with van der Waals surface area (Å²) in [5, 5.41) is 2.34. The van der Waals surface area contributed by atoms with Crippen molar-refractivity contribution in [1.82, 2.24) is 4.98 Å². The zero-order valence-corrected chi connectivity index (χ0v) is 16.3. The molecule has 1 atom stereocenters. The van der Waals surface area contributed by atoms with E-state index in [9.17, 15) is 4.79 Å². The van der Waals surface area contributed by atoms with Crippen molar-refractivity contribution in [1.29, 1.82) is 0 Å². The molecule has 0 saturated heterocycles. The second kappa shape index (κ2) is 7.39. The molecule has 0 bridgehead atoms. The molecule has 1 aliphatic rings. The molecular weight excluding hydrogens is 348 g/mol. The molecule has 3 aromatic rings. The van der Waals surface area contributed by atoms with Gasteiger partial charge in [0.1, 0.15) is 5.76 Å². The molecule has 1 unspecified atom stereocenters. The van der Waals surface area contributed by atoms with Crippen LogP contribution < -0.4 is 0 Å². The summed E-state index contributed by atoms with van der Waals surface area (Å²) in [4.78, 5) is 21.6. The maximum atomic E-state index is 12.9. The molecule has 0 aliphatic carbocycles. The Labute approximate surface area is 164 Å². The molecule has 4 heteroatoms.